The van der Waals surface area contributed by atoms with Gasteiger partial charge in [0.2, 0.25) is 0 Å². The fourth-order valence-electron chi connectivity index (χ4n) is 2.94. The van der Waals surface area contributed by atoms with Crippen LogP contribution in [0.3, 0.4) is 0 Å². The zero-order chi connectivity index (χ0) is 19.7. The number of benzene rings is 2. The molecular formula is C22H17FN4O. The summed E-state index contributed by atoms with van der Waals surface area (Å²) >= 11 is 0. The maximum absolute atomic E-state index is 14.2. The summed E-state index contributed by atoms with van der Waals surface area (Å²) in [7, 11) is 3.31. The van der Waals surface area contributed by atoms with Crippen molar-refractivity contribution in [3.05, 3.63) is 71.8 Å². The van der Waals surface area contributed by atoms with Crippen LogP contribution < -0.4 is 4.74 Å². The Balaban J connectivity index is 1.79. The topological polar surface area (TPSA) is 52.8 Å². The molecule has 2 aromatic carbocycles. The van der Waals surface area contributed by atoms with Gasteiger partial charge in [-0.25, -0.2) is 19.3 Å². The van der Waals surface area contributed by atoms with E-state index in [1.54, 1.807) is 13.0 Å². The van der Waals surface area contributed by atoms with Gasteiger partial charge in [-0.1, -0.05) is 30.3 Å². The van der Waals surface area contributed by atoms with Crippen molar-refractivity contribution in [3.8, 4) is 28.8 Å². The summed E-state index contributed by atoms with van der Waals surface area (Å²) in [6.45, 7) is 1.77. The molecule has 6 heteroatoms. The standard InChI is InChI=1S/C22H17FN4O/c1-14-24-18(16-11-17(23)21(28-3)12-19(16)25-14)9-10-22-26-20(13-27(22)2)15-7-5-4-6-8-15/h4-8,11-13H,1-3H3. The first-order chi connectivity index (χ1) is 13.5. The van der Waals surface area contributed by atoms with E-state index in [2.05, 4.69) is 26.8 Å². The Kier molecular flexibility index (Phi) is 4.50. The van der Waals surface area contributed by atoms with Crippen LogP contribution in [0.1, 0.15) is 17.3 Å². The zero-order valence-corrected chi connectivity index (χ0v) is 15.7. The van der Waals surface area contributed by atoms with E-state index in [4.69, 9.17) is 4.74 Å². The fourth-order valence-corrected chi connectivity index (χ4v) is 2.94. The molecule has 0 radical (unpaired) electrons. The first-order valence-electron chi connectivity index (χ1n) is 8.68. The highest BCUT2D eigenvalue weighted by atomic mass is 19.1. The largest absolute Gasteiger partial charge is 0.494 e. The summed E-state index contributed by atoms with van der Waals surface area (Å²) < 4.78 is 21.1. The van der Waals surface area contributed by atoms with Crippen molar-refractivity contribution in [3.63, 3.8) is 0 Å². The molecule has 0 bridgehead atoms. The zero-order valence-electron chi connectivity index (χ0n) is 15.7. The number of hydrogen-bond donors (Lipinski definition) is 0. The van der Waals surface area contributed by atoms with E-state index in [1.165, 1.54) is 13.2 Å². The lowest BCUT2D eigenvalue weighted by atomic mass is 10.1. The maximum atomic E-state index is 14.2. The van der Waals surface area contributed by atoms with Gasteiger partial charge in [-0.3, -0.25) is 0 Å². The Morgan fingerprint density at radius 3 is 2.57 bits per heavy atom. The van der Waals surface area contributed by atoms with Crippen LogP contribution in [0.25, 0.3) is 22.2 Å². The third-order valence-electron chi connectivity index (χ3n) is 4.32. The number of aromatic nitrogens is 4. The number of halogens is 1. The third kappa shape index (κ3) is 3.30. The summed E-state index contributed by atoms with van der Waals surface area (Å²) in [4.78, 5) is 13.3. The van der Waals surface area contributed by atoms with E-state index < -0.39 is 5.82 Å². The molecule has 138 valence electrons. The van der Waals surface area contributed by atoms with Gasteiger partial charge >= 0.3 is 0 Å². The summed E-state index contributed by atoms with van der Waals surface area (Å²) in [5.41, 5.74) is 2.89. The summed E-state index contributed by atoms with van der Waals surface area (Å²) in [5.74, 6) is 6.88. The molecule has 0 atom stereocenters. The van der Waals surface area contributed by atoms with Gasteiger partial charge in [0.1, 0.15) is 11.5 Å². The predicted molar refractivity (Wildman–Crippen MR) is 105 cm³/mol. The highest BCUT2D eigenvalue weighted by Gasteiger charge is 2.11. The molecule has 0 aliphatic heterocycles. The Morgan fingerprint density at radius 2 is 1.82 bits per heavy atom. The van der Waals surface area contributed by atoms with Crippen LogP contribution in [-0.4, -0.2) is 26.6 Å². The molecule has 0 saturated heterocycles. The second-order valence-corrected chi connectivity index (χ2v) is 6.30. The molecule has 0 spiro atoms. The molecule has 5 nitrogen and oxygen atoms in total. The van der Waals surface area contributed by atoms with Crippen molar-refractivity contribution >= 4 is 10.9 Å². The number of ether oxygens (including phenoxy) is 1. The second kappa shape index (κ2) is 7.12. The minimum atomic E-state index is -0.478. The predicted octanol–water partition coefficient (Wildman–Crippen LogP) is 3.89. The van der Waals surface area contributed by atoms with Gasteiger partial charge in [0, 0.05) is 30.3 Å². The van der Waals surface area contributed by atoms with Gasteiger partial charge < -0.3 is 9.30 Å². The third-order valence-corrected chi connectivity index (χ3v) is 4.32. The van der Waals surface area contributed by atoms with E-state index in [0.717, 1.165) is 11.3 Å². The van der Waals surface area contributed by atoms with Crippen LogP contribution in [0.5, 0.6) is 5.75 Å². The Bertz CT molecular complexity index is 1240. The Hall–Kier alpha value is -3.72. The molecule has 2 aromatic heterocycles. The highest BCUT2D eigenvalue weighted by molar-refractivity contribution is 5.85. The van der Waals surface area contributed by atoms with E-state index in [-0.39, 0.29) is 5.75 Å². The molecule has 0 saturated carbocycles. The molecule has 0 aliphatic carbocycles. The monoisotopic (exact) mass is 372 g/mol. The highest BCUT2D eigenvalue weighted by Crippen LogP contribution is 2.25. The number of aryl methyl sites for hydroxylation is 2. The molecule has 4 aromatic rings. The van der Waals surface area contributed by atoms with Crippen molar-refractivity contribution < 1.29 is 9.13 Å². The van der Waals surface area contributed by atoms with E-state index in [0.29, 0.717) is 28.2 Å². The lowest BCUT2D eigenvalue weighted by molar-refractivity contribution is 0.387. The summed E-state index contributed by atoms with van der Waals surface area (Å²) in [6.07, 6.45) is 1.92. The summed E-state index contributed by atoms with van der Waals surface area (Å²) in [6, 6.07) is 12.8. The van der Waals surface area contributed by atoms with E-state index in [1.807, 2.05) is 48.1 Å². The molecule has 0 unspecified atom stereocenters. The number of hydrogen-bond acceptors (Lipinski definition) is 4. The van der Waals surface area contributed by atoms with Crippen molar-refractivity contribution in [2.24, 2.45) is 7.05 Å². The van der Waals surface area contributed by atoms with Crippen LogP contribution in [-0.2, 0) is 7.05 Å². The van der Waals surface area contributed by atoms with Gasteiger partial charge in [-0.05, 0) is 24.8 Å². The van der Waals surface area contributed by atoms with Gasteiger partial charge in [0.25, 0.3) is 0 Å². The van der Waals surface area contributed by atoms with Crippen molar-refractivity contribution in [2.75, 3.05) is 7.11 Å². The minimum Gasteiger partial charge on any atom is -0.494 e. The number of fused-ring (bicyclic) bond motifs is 1. The first kappa shape index (κ1) is 17.7. The SMILES string of the molecule is COc1cc2nc(C)nc(C#Cc3nc(-c4ccccc4)cn3C)c2cc1F. The van der Waals surface area contributed by atoms with Crippen LogP contribution in [0.4, 0.5) is 4.39 Å². The van der Waals surface area contributed by atoms with Crippen molar-refractivity contribution in [1.82, 2.24) is 19.5 Å². The fraction of sp³-hybridized carbons (Fsp3) is 0.136. The first-order valence-corrected chi connectivity index (χ1v) is 8.68. The molecule has 4 rings (SSSR count). The molecular weight excluding hydrogens is 355 g/mol. The number of rotatable bonds is 2. The lowest BCUT2D eigenvalue weighted by Crippen LogP contribution is -1.97. The van der Waals surface area contributed by atoms with Gasteiger partial charge in [0.15, 0.2) is 17.4 Å². The van der Waals surface area contributed by atoms with Crippen molar-refractivity contribution in [1.29, 1.82) is 0 Å². The molecule has 0 amide bonds. The molecule has 0 aliphatic rings. The van der Waals surface area contributed by atoms with Crippen LogP contribution in [0.15, 0.2) is 48.7 Å². The molecule has 28 heavy (non-hydrogen) atoms. The average molecular weight is 372 g/mol. The number of methoxy groups -OCH3 is 1. The van der Waals surface area contributed by atoms with Crippen LogP contribution in [0.2, 0.25) is 0 Å². The minimum absolute atomic E-state index is 0.140. The molecule has 0 fully saturated rings. The molecule has 0 N–H and O–H groups in total. The van der Waals surface area contributed by atoms with Crippen molar-refractivity contribution in [2.45, 2.75) is 6.92 Å². The maximum Gasteiger partial charge on any atom is 0.186 e. The smallest absolute Gasteiger partial charge is 0.186 e. The Morgan fingerprint density at radius 1 is 1.04 bits per heavy atom. The van der Waals surface area contributed by atoms with E-state index in [9.17, 15) is 4.39 Å². The van der Waals surface area contributed by atoms with Crippen LogP contribution in [0, 0.1) is 24.6 Å². The second-order valence-electron chi connectivity index (χ2n) is 6.30. The Labute approximate surface area is 161 Å². The van der Waals surface area contributed by atoms with Gasteiger partial charge in [-0.2, -0.15) is 0 Å². The number of nitrogens with zero attached hydrogens (tertiary/aromatic N) is 4. The lowest BCUT2D eigenvalue weighted by Gasteiger charge is -2.06. The van der Waals surface area contributed by atoms with E-state index >= 15 is 0 Å². The average Bonchev–Trinajstić information content (AvgIpc) is 3.07. The summed E-state index contributed by atoms with van der Waals surface area (Å²) in [5, 5.41) is 0.536. The quantitative estimate of drug-likeness (QED) is 0.501. The van der Waals surface area contributed by atoms with Gasteiger partial charge in [-0.15, -0.1) is 0 Å². The van der Waals surface area contributed by atoms with Crippen LogP contribution >= 0.6 is 0 Å². The normalized spacial score (nSPS) is 10.6. The number of imidazole rings is 1. The van der Waals surface area contributed by atoms with Gasteiger partial charge in [0.05, 0.1) is 18.3 Å². The molecule has 2 heterocycles.